The first-order valence-electron chi connectivity index (χ1n) is 3.37. The molecule has 56 valence electrons. The van der Waals surface area contributed by atoms with Crippen molar-refractivity contribution in [2.45, 2.75) is 19.9 Å². The average Bonchev–Trinajstić information content (AvgIpc) is 2.13. The fraction of sp³-hybridized carbons (Fsp3) is 0.571. The van der Waals surface area contributed by atoms with Crippen molar-refractivity contribution < 1.29 is 0 Å². The maximum Gasteiger partial charge on any atom is 0.0791 e. The van der Waals surface area contributed by atoms with E-state index in [1.807, 2.05) is 31.6 Å². The average molecular weight is 139 g/mol. The van der Waals surface area contributed by atoms with Gasteiger partial charge in [0, 0.05) is 18.8 Å². The SMILES string of the molecule is Cc1cc([C@@H](C)N)nn1C. The molecule has 0 spiro atoms. The fourth-order valence-electron chi connectivity index (χ4n) is 0.811. The van der Waals surface area contributed by atoms with Gasteiger partial charge in [0.15, 0.2) is 0 Å². The summed E-state index contributed by atoms with van der Waals surface area (Å²) in [5.41, 5.74) is 7.72. The summed E-state index contributed by atoms with van der Waals surface area (Å²) in [4.78, 5) is 0. The van der Waals surface area contributed by atoms with Crippen LogP contribution in [-0.2, 0) is 7.05 Å². The summed E-state index contributed by atoms with van der Waals surface area (Å²) in [6.45, 7) is 3.95. The quantitative estimate of drug-likeness (QED) is 0.624. The monoisotopic (exact) mass is 139 g/mol. The van der Waals surface area contributed by atoms with Crippen molar-refractivity contribution in [2.24, 2.45) is 12.8 Å². The number of nitrogens with zero attached hydrogens (tertiary/aromatic N) is 2. The Labute approximate surface area is 60.8 Å². The smallest absolute Gasteiger partial charge is 0.0791 e. The lowest BCUT2D eigenvalue weighted by atomic mass is 10.2. The minimum absolute atomic E-state index is 0.0416. The standard InChI is InChI=1S/C7H13N3/c1-5-4-7(6(2)8)9-10(5)3/h4,6H,8H2,1-3H3/t6-/m1/s1. The Balaban J connectivity index is 2.98. The highest BCUT2D eigenvalue weighted by Gasteiger charge is 2.03. The zero-order valence-corrected chi connectivity index (χ0v) is 6.63. The van der Waals surface area contributed by atoms with E-state index in [0.29, 0.717) is 0 Å². The van der Waals surface area contributed by atoms with Crippen LogP contribution in [0.1, 0.15) is 24.4 Å². The van der Waals surface area contributed by atoms with Crippen LogP contribution in [-0.4, -0.2) is 9.78 Å². The van der Waals surface area contributed by atoms with Gasteiger partial charge in [-0.25, -0.2) is 0 Å². The molecule has 0 amide bonds. The molecule has 10 heavy (non-hydrogen) atoms. The van der Waals surface area contributed by atoms with Gasteiger partial charge in [-0.2, -0.15) is 5.10 Å². The molecular weight excluding hydrogens is 126 g/mol. The minimum Gasteiger partial charge on any atom is -0.323 e. The molecule has 3 nitrogen and oxygen atoms in total. The van der Waals surface area contributed by atoms with Gasteiger partial charge in [-0.1, -0.05) is 0 Å². The molecule has 0 bridgehead atoms. The van der Waals surface area contributed by atoms with Crippen molar-refractivity contribution in [3.8, 4) is 0 Å². The van der Waals surface area contributed by atoms with E-state index in [2.05, 4.69) is 5.10 Å². The zero-order valence-electron chi connectivity index (χ0n) is 6.63. The third kappa shape index (κ3) is 1.19. The fourth-order valence-corrected chi connectivity index (χ4v) is 0.811. The van der Waals surface area contributed by atoms with Crippen LogP contribution in [0.4, 0.5) is 0 Å². The molecule has 0 radical (unpaired) electrons. The lowest BCUT2D eigenvalue weighted by Gasteiger charge is -1.96. The Bertz CT molecular complexity index is 205. The van der Waals surface area contributed by atoms with Gasteiger partial charge in [0.2, 0.25) is 0 Å². The van der Waals surface area contributed by atoms with E-state index in [-0.39, 0.29) is 6.04 Å². The van der Waals surface area contributed by atoms with Gasteiger partial charge in [0.05, 0.1) is 5.69 Å². The lowest BCUT2D eigenvalue weighted by molar-refractivity contribution is 0.687. The van der Waals surface area contributed by atoms with Gasteiger partial charge in [-0.05, 0) is 19.9 Å². The molecule has 0 saturated carbocycles. The number of hydrogen-bond acceptors (Lipinski definition) is 2. The molecule has 3 heteroatoms. The predicted octanol–water partition coefficient (Wildman–Crippen LogP) is 0.748. The van der Waals surface area contributed by atoms with Crippen molar-refractivity contribution >= 4 is 0 Å². The van der Waals surface area contributed by atoms with E-state index in [0.717, 1.165) is 11.4 Å². The molecule has 0 aliphatic carbocycles. The van der Waals surface area contributed by atoms with Crippen molar-refractivity contribution in [1.29, 1.82) is 0 Å². The molecule has 1 aromatic rings. The highest BCUT2D eigenvalue weighted by molar-refractivity contribution is 5.10. The Morgan fingerprint density at radius 3 is 2.50 bits per heavy atom. The Hall–Kier alpha value is -0.830. The summed E-state index contributed by atoms with van der Waals surface area (Å²) < 4.78 is 1.83. The van der Waals surface area contributed by atoms with Crippen molar-refractivity contribution in [2.75, 3.05) is 0 Å². The number of hydrogen-bond donors (Lipinski definition) is 1. The first kappa shape index (κ1) is 7.28. The Morgan fingerprint density at radius 1 is 1.70 bits per heavy atom. The molecule has 0 unspecified atom stereocenters. The second-order valence-corrected chi connectivity index (χ2v) is 2.62. The van der Waals surface area contributed by atoms with Gasteiger partial charge in [0.25, 0.3) is 0 Å². The number of rotatable bonds is 1. The zero-order chi connectivity index (χ0) is 7.72. The highest BCUT2D eigenvalue weighted by atomic mass is 15.3. The second kappa shape index (κ2) is 2.42. The molecule has 1 rings (SSSR count). The van der Waals surface area contributed by atoms with Crippen molar-refractivity contribution in [1.82, 2.24) is 9.78 Å². The van der Waals surface area contributed by atoms with Crippen LogP contribution < -0.4 is 5.73 Å². The van der Waals surface area contributed by atoms with Gasteiger partial charge in [-0.15, -0.1) is 0 Å². The van der Waals surface area contributed by atoms with E-state index >= 15 is 0 Å². The van der Waals surface area contributed by atoms with Crippen LogP contribution in [0.2, 0.25) is 0 Å². The first-order valence-corrected chi connectivity index (χ1v) is 3.37. The Kier molecular flexibility index (Phi) is 1.76. The van der Waals surface area contributed by atoms with Gasteiger partial charge in [0.1, 0.15) is 0 Å². The summed E-state index contributed by atoms with van der Waals surface area (Å²) in [7, 11) is 1.92. The van der Waals surface area contributed by atoms with E-state index in [1.165, 1.54) is 0 Å². The topological polar surface area (TPSA) is 43.8 Å². The number of aryl methyl sites for hydroxylation is 2. The normalized spacial score (nSPS) is 13.6. The maximum absolute atomic E-state index is 5.62. The minimum atomic E-state index is 0.0416. The largest absolute Gasteiger partial charge is 0.323 e. The third-order valence-electron chi connectivity index (χ3n) is 1.60. The molecule has 0 saturated heterocycles. The van der Waals surface area contributed by atoms with E-state index < -0.39 is 0 Å². The van der Waals surface area contributed by atoms with E-state index in [9.17, 15) is 0 Å². The summed E-state index contributed by atoms with van der Waals surface area (Å²) in [5.74, 6) is 0. The molecule has 0 aromatic carbocycles. The van der Waals surface area contributed by atoms with E-state index in [4.69, 9.17) is 5.73 Å². The van der Waals surface area contributed by atoms with Crippen LogP contribution >= 0.6 is 0 Å². The molecule has 0 aliphatic heterocycles. The summed E-state index contributed by atoms with van der Waals surface area (Å²) >= 11 is 0. The summed E-state index contributed by atoms with van der Waals surface area (Å²) in [6, 6.07) is 2.05. The third-order valence-corrected chi connectivity index (χ3v) is 1.60. The van der Waals surface area contributed by atoms with Gasteiger partial charge in [-0.3, -0.25) is 4.68 Å². The number of aromatic nitrogens is 2. The molecule has 0 aliphatic rings. The number of nitrogens with two attached hydrogens (primary N) is 1. The molecule has 1 aromatic heterocycles. The van der Waals surface area contributed by atoms with E-state index in [1.54, 1.807) is 0 Å². The van der Waals surface area contributed by atoms with Crippen molar-refractivity contribution in [3.05, 3.63) is 17.5 Å². The summed E-state index contributed by atoms with van der Waals surface area (Å²) in [6.07, 6.45) is 0. The highest BCUT2D eigenvalue weighted by Crippen LogP contribution is 2.07. The molecule has 1 heterocycles. The van der Waals surface area contributed by atoms with Crippen molar-refractivity contribution in [3.63, 3.8) is 0 Å². The molecule has 2 N–H and O–H groups in total. The Morgan fingerprint density at radius 2 is 2.30 bits per heavy atom. The first-order chi connectivity index (χ1) is 4.61. The molecule has 1 atom stereocenters. The van der Waals surface area contributed by atoms with Crippen LogP contribution in [0, 0.1) is 6.92 Å². The van der Waals surface area contributed by atoms with Crippen LogP contribution in [0.5, 0.6) is 0 Å². The molecule has 0 fully saturated rings. The van der Waals surface area contributed by atoms with Crippen LogP contribution in [0.25, 0.3) is 0 Å². The molecular formula is C7H13N3. The lowest BCUT2D eigenvalue weighted by Crippen LogP contribution is -2.06. The maximum atomic E-state index is 5.62. The van der Waals surface area contributed by atoms with Gasteiger partial charge >= 0.3 is 0 Å². The summed E-state index contributed by atoms with van der Waals surface area (Å²) in [5, 5.41) is 4.20. The van der Waals surface area contributed by atoms with Crippen LogP contribution in [0.15, 0.2) is 6.07 Å². The second-order valence-electron chi connectivity index (χ2n) is 2.62. The predicted molar refractivity (Wildman–Crippen MR) is 40.5 cm³/mol. The van der Waals surface area contributed by atoms with Gasteiger partial charge < -0.3 is 5.73 Å². The van der Waals surface area contributed by atoms with Crippen LogP contribution in [0.3, 0.4) is 0 Å².